The Labute approximate surface area is 670 Å². The molecule has 116 heavy (non-hydrogen) atoms. The number of aromatic nitrogens is 12. The summed E-state index contributed by atoms with van der Waals surface area (Å²) >= 11 is 0. The maximum Gasteiger partial charge on any atom is 0.338 e. The third-order valence-electron chi connectivity index (χ3n) is 17.7. The highest BCUT2D eigenvalue weighted by Crippen LogP contribution is 2.27. The fraction of sp³-hybridized carbons (Fsp3) is 0.178. The lowest BCUT2D eigenvalue weighted by Gasteiger charge is -2.09. The molecule has 0 saturated carbocycles. The summed E-state index contributed by atoms with van der Waals surface area (Å²) < 4.78 is 66.3. The minimum atomic E-state index is -3.36. The molecule has 0 atom stereocenters. The molecule has 8 aromatic heterocycles. The molecule has 0 radical (unpaired) electrons. The van der Waals surface area contributed by atoms with Gasteiger partial charge in [-0.2, -0.15) is 8.42 Å². The highest BCUT2D eigenvalue weighted by Gasteiger charge is 2.16. The van der Waals surface area contributed by atoms with Gasteiger partial charge >= 0.3 is 11.9 Å². The van der Waals surface area contributed by atoms with Crippen LogP contribution in [-0.4, -0.2) is 115 Å². The smallest absolute Gasteiger partial charge is 0.338 e. The van der Waals surface area contributed by atoms with E-state index in [4.69, 9.17) is 28.4 Å². The Kier molecular flexibility index (Phi) is 29.5. The first-order chi connectivity index (χ1) is 56.7. The van der Waals surface area contributed by atoms with Gasteiger partial charge in [0, 0.05) is 54.6 Å². The molecule has 16 aromatic rings. The Balaban J connectivity index is 0.000000137. The largest absolute Gasteiger partial charge is 0.462 e. The Hall–Kier alpha value is -13.2. The normalized spacial score (nSPS) is 11.1. The maximum atomic E-state index is 11.9. The van der Waals surface area contributed by atoms with Crippen LogP contribution in [0.15, 0.2) is 293 Å². The van der Waals surface area contributed by atoms with Crippen molar-refractivity contribution in [2.75, 3.05) is 26.6 Å². The highest BCUT2D eigenvalue weighted by atomic mass is 32.2. The summed E-state index contributed by atoms with van der Waals surface area (Å²) in [6.07, 6.45) is 15.0. The number of hydrogen-bond acceptors (Lipinski definition) is 21. The molecule has 590 valence electrons. The van der Waals surface area contributed by atoms with Crippen molar-refractivity contribution in [3.05, 3.63) is 360 Å². The molecule has 25 nitrogen and oxygen atoms in total. The van der Waals surface area contributed by atoms with Crippen LogP contribution in [-0.2, 0) is 109 Å². The van der Waals surface area contributed by atoms with E-state index in [-0.39, 0.29) is 31.8 Å². The van der Waals surface area contributed by atoms with Crippen LogP contribution < -0.4 is 0 Å². The first-order valence-electron chi connectivity index (χ1n) is 37.2. The van der Waals surface area contributed by atoms with Crippen molar-refractivity contribution in [1.82, 2.24) is 58.1 Å². The van der Waals surface area contributed by atoms with E-state index in [2.05, 4.69) is 97.2 Å². The summed E-state index contributed by atoms with van der Waals surface area (Å²) in [5, 5.41) is 18.5. The van der Waals surface area contributed by atoms with E-state index < -0.39 is 10.1 Å². The Morgan fingerprint density at radius 1 is 0.336 bits per heavy atom. The number of carbonyl (C=O) groups excluding carboxylic acids is 2. The molecule has 26 heteroatoms. The minimum Gasteiger partial charge on any atom is -0.462 e. The second-order valence-electron chi connectivity index (χ2n) is 26.1. The number of pyridine rings is 4. The van der Waals surface area contributed by atoms with E-state index in [1.807, 2.05) is 172 Å². The van der Waals surface area contributed by atoms with Crippen LogP contribution in [0.2, 0.25) is 0 Å². The molecule has 2 N–H and O–H groups in total. The van der Waals surface area contributed by atoms with Gasteiger partial charge in [-0.15, -0.1) is 0 Å². The average molecular weight is 1580 g/mol. The van der Waals surface area contributed by atoms with Crippen molar-refractivity contribution < 1.29 is 60.8 Å². The van der Waals surface area contributed by atoms with Crippen molar-refractivity contribution in [2.24, 2.45) is 0 Å². The molecular formula is C90H86N12O13S. The monoisotopic (exact) mass is 1570 g/mol. The van der Waals surface area contributed by atoms with Gasteiger partial charge in [0.25, 0.3) is 10.1 Å². The standard InChI is InChI=1S/C23H21N3O3.C22H21N3O2.C21H19N3O2.C17H16N2O3.C7H9NO3S/c1-2-29-23(27)18-9-10-22-21(13-18)25-16-26(22)20-8-5-6-17(12-20)14-28-15-19-7-3-4-11-24-19;1-26-13-18-8-9-22-21(12-18)24-16-25(22)20-7-4-5-17(11-20)14-27-15-19-6-2-3-10-23-19;25-12-16-7-8-21-20(11-16)23-15-24(21)19-6-3-4-17(10-19)13-26-14-18-5-1-2-9-22-18;1-2-22-17(21)13-6-7-16-15(9-13)18-11-19(16)14-5-3-4-12(8-14)10-20;1-12(9,10)11-6-7-4-2-3-5-8-7/h3-13,16H,2,14-15H2,1H3;2-12,16H,13-15H2,1H3;1-11,15,25H,12-14H2;3-9,11,20H,2,10H2,1H3;2-5H,6H2,1H3. The second-order valence-corrected chi connectivity index (χ2v) is 27.8. The number of aliphatic hydroxyl groups excluding tert-OH is 2. The summed E-state index contributed by atoms with van der Waals surface area (Å²) in [6, 6.07) is 77.6. The molecule has 0 amide bonds. The number of esters is 2. The highest BCUT2D eigenvalue weighted by molar-refractivity contribution is 7.85. The maximum absolute atomic E-state index is 11.9. The molecule has 0 aliphatic rings. The average Bonchev–Trinajstić information content (AvgIpc) is 1.66. The van der Waals surface area contributed by atoms with Crippen molar-refractivity contribution in [3.8, 4) is 22.7 Å². The predicted molar refractivity (Wildman–Crippen MR) is 441 cm³/mol. The van der Waals surface area contributed by atoms with E-state index in [1.165, 1.54) is 0 Å². The molecule has 0 spiro atoms. The molecule has 8 heterocycles. The van der Waals surface area contributed by atoms with Crippen molar-refractivity contribution in [3.63, 3.8) is 0 Å². The molecular weight excluding hydrogens is 1490 g/mol. The lowest BCUT2D eigenvalue weighted by atomic mass is 10.2. The topological polar surface area (TPSA) is 296 Å². The second kappa shape index (κ2) is 41.6. The summed E-state index contributed by atoms with van der Waals surface area (Å²) in [4.78, 5) is 58.2. The van der Waals surface area contributed by atoms with E-state index in [1.54, 1.807) is 107 Å². The van der Waals surface area contributed by atoms with E-state index in [0.717, 1.165) is 124 Å². The number of fused-ring (bicyclic) bond motifs is 4. The predicted octanol–water partition coefficient (Wildman–Crippen LogP) is 15.5. The van der Waals surface area contributed by atoms with Crippen molar-refractivity contribution in [1.29, 1.82) is 0 Å². The zero-order valence-electron chi connectivity index (χ0n) is 64.4. The molecule has 0 saturated heterocycles. The van der Waals surface area contributed by atoms with Crippen LogP contribution in [0.3, 0.4) is 0 Å². The third kappa shape index (κ3) is 23.3. The summed E-state index contributed by atoms with van der Waals surface area (Å²) in [5.41, 5.74) is 21.6. The van der Waals surface area contributed by atoms with Crippen LogP contribution in [0.4, 0.5) is 0 Å². The molecule has 0 fully saturated rings. The van der Waals surface area contributed by atoms with Crippen molar-refractivity contribution in [2.45, 2.75) is 79.9 Å². The van der Waals surface area contributed by atoms with Gasteiger partial charge in [-0.1, -0.05) is 84.9 Å². The molecule has 16 rings (SSSR count). The summed E-state index contributed by atoms with van der Waals surface area (Å²) in [7, 11) is -1.66. The first kappa shape index (κ1) is 82.3. The zero-order valence-corrected chi connectivity index (χ0v) is 65.2. The third-order valence-corrected chi connectivity index (χ3v) is 18.2. The SMILES string of the molecule is CCOC(=O)c1ccc2c(c1)ncn2-c1cccc(CO)c1.CCOC(=O)c1ccc2c(c1)ncn2-c1cccc(COCc2ccccn2)c1.COCc1ccc2c(c1)ncn2-c1cccc(COCc2ccccn2)c1.CS(=O)(=O)OCc1ccccn1.OCc1ccc2c(c1)ncn2-c1cccc(COCc2ccccn2)c1. The van der Waals surface area contributed by atoms with Crippen LogP contribution in [0.25, 0.3) is 66.9 Å². The number of ether oxygens (including phenoxy) is 6. The van der Waals surface area contributed by atoms with E-state index >= 15 is 0 Å². The number of carbonyl (C=O) groups is 2. The molecule has 0 unspecified atom stereocenters. The Morgan fingerprint density at radius 2 is 0.647 bits per heavy atom. The zero-order chi connectivity index (χ0) is 80.9. The minimum absolute atomic E-state index is 0.000324. The van der Waals surface area contributed by atoms with Gasteiger partial charge in [0.05, 0.1) is 157 Å². The number of rotatable bonds is 27. The van der Waals surface area contributed by atoms with Gasteiger partial charge in [0.1, 0.15) is 31.9 Å². The van der Waals surface area contributed by atoms with Crippen LogP contribution in [0.5, 0.6) is 0 Å². The quantitative estimate of drug-likeness (QED) is 0.0357. The number of nitrogens with zero attached hydrogens (tertiary/aromatic N) is 12. The lowest BCUT2D eigenvalue weighted by Crippen LogP contribution is -2.04. The van der Waals surface area contributed by atoms with Crippen LogP contribution in [0, 0.1) is 0 Å². The van der Waals surface area contributed by atoms with Gasteiger partial charge in [-0.3, -0.25) is 42.4 Å². The summed E-state index contributed by atoms with van der Waals surface area (Å²) in [5.74, 6) is -0.683. The van der Waals surface area contributed by atoms with Crippen LogP contribution >= 0.6 is 0 Å². The van der Waals surface area contributed by atoms with Gasteiger partial charge in [-0.05, 0) is 205 Å². The fourth-order valence-corrected chi connectivity index (χ4v) is 12.5. The molecule has 0 bridgehead atoms. The van der Waals surface area contributed by atoms with E-state index in [0.29, 0.717) is 76.3 Å². The number of benzene rings is 8. The Morgan fingerprint density at radius 3 is 0.983 bits per heavy atom. The van der Waals surface area contributed by atoms with E-state index in [9.17, 15) is 28.2 Å². The Bertz CT molecular complexity index is 5970. The lowest BCUT2D eigenvalue weighted by molar-refractivity contribution is 0.0517. The number of hydrogen-bond donors (Lipinski definition) is 2. The van der Waals surface area contributed by atoms with Gasteiger partial charge in [0.15, 0.2) is 0 Å². The van der Waals surface area contributed by atoms with Gasteiger partial charge in [0.2, 0.25) is 0 Å². The fourth-order valence-electron chi connectivity index (χ4n) is 12.1. The number of aliphatic hydroxyl groups is 2. The summed E-state index contributed by atoms with van der Waals surface area (Å²) in [6.45, 7) is 7.87. The molecule has 0 aliphatic carbocycles. The number of methoxy groups -OCH3 is 1. The molecule has 8 aromatic carbocycles. The van der Waals surface area contributed by atoms with Gasteiger partial charge < -0.3 is 38.6 Å². The molecule has 0 aliphatic heterocycles. The number of imidazole rings is 4. The van der Waals surface area contributed by atoms with Crippen molar-refractivity contribution >= 4 is 66.2 Å². The van der Waals surface area contributed by atoms with Gasteiger partial charge in [-0.25, -0.2) is 29.5 Å². The van der Waals surface area contributed by atoms with Crippen LogP contribution in [0.1, 0.15) is 90.7 Å². The first-order valence-corrected chi connectivity index (χ1v) is 39.0.